The Hall–Kier alpha value is -2.18. The third-order valence-electron chi connectivity index (χ3n) is 2.17. The van der Waals surface area contributed by atoms with E-state index in [4.69, 9.17) is 0 Å². The first-order valence-electron chi connectivity index (χ1n) is 4.81. The predicted octanol–water partition coefficient (Wildman–Crippen LogP) is -0.302. The van der Waals surface area contributed by atoms with Crippen molar-refractivity contribution in [1.29, 1.82) is 0 Å². The number of nitrogens with one attached hydrogen (secondary N) is 1. The lowest BCUT2D eigenvalue weighted by Gasteiger charge is -2.09. The van der Waals surface area contributed by atoms with Crippen molar-refractivity contribution in [1.82, 2.24) is 24.5 Å². The zero-order chi connectivity index (χ0) is 11.7. The highest BCUT2D eigenvalue weighted by atomic mass is 16.2. The van der Waals surface area contributed by atoms with Gasteiger partial charge in [-0.1, -0.05) is 5.21 Å². The second-order valence-electron chi connectivity index (χ2n) is 3.62. The van der Waals surface area contributed by atoms with Crippen molar-refractivity contribution < 1.29 is 0 Å². The van der Waals surface area contributed by atoms with Gasteiger partial charge in [-0.15, -0.1) is 5.10 Å². The van der Waals surface area contributed by atoms with Crippen molar-refractivity contribution in [2.75, 3.05) is 0 Å². The van der Waals surface area contributed by atoms with Crippen molar-refractivity contribution in [2.45, 2.75) is 19.9 Å². The maximum Gasteiger partial charge on any atom is 0.328 e. The van der Waals surface area contributed by atoms with Gasteiger partial charge in [0.25, 0.3) is 5.56 Å². The summed E-state index contributed by atoms with van der Waals surface area (Å²) in [5.41, 5.74) is -0.637. The van der Waals surface area contributed by atoms with E-state index in [0.29, 0.717) is 0 Å². The number of hydrogen-bond donors (Lipinski definition) is 1. The molecule has 16 heavy (non-hydrogen) atoms. The third-order valence-corrected chi connectivity index (χ3v) is 2.17. The first-order chi connectivity index (χ1) is 7.59. The summed E-state index contributed by atoms with van der Waals surface area (Å²) in [5, 5.41) is 7.32. The van der Waals surface area contributed by atoms with E-state index >= 15 is 0 Å². The molecule has 7 heteroatoms. The van der Waals surface area contributed by atoms with E-state index in [0.717, 1.165) is 0 Å². The molecule has 0 aromatic carbocycles. The van der Waals surface area contributed by atoms with Crippen LogP contribution in [-0.4, -0.2) is 24.5 Å². The van der Waals surface area contributed by atoms with Crippen LogP contribution in [0.15, 0.2) is 28.2 Å². The van der Waals surface area contributed by atoms with Crippen LogP contribution in [0.1, 0.15) is 19.9 Å². The summed E-state index contributed by atoms with van der Waals surface area (Å²) in [6, 6.07) is -0.0355. The molecule has 0 amide bonds. The lowest BCUT2D eigenvalue weighted by molar-refractivity contribution is 0.556. The van der Waals surface area contributed by atoms with Crippen LogP contribution in [0.4, 0.5) is 0 Å². The SMILES string of the molecule is CC(C)n1cc(-n2ccnn2)c(=O)[nH]c1=O. The fraction of sp³-hybridized carbons (Fsp3) is 0.333. The number of hydrogen-bond acceptors (Lipinski definition) is 4. The van der Waals surface area contributed by atoms with Crippen molar-refractivity contribution in [3.05, 3.63) is 39.4 Å². The fourth-order valence-electron chi connectivity index (χ4n) is 1.36. The molecular weight excluding hydrogens is 210 g/mol. The summed E-state index contributed by atoms with van der Waals surface area (Å²) in [6.07, 6.45) is 4.48. The second-order valence-corrected chi connectivity index (χ2v) is 3.62. The van der Waals surface area contributed by atoms with E-state index in [1.165, 1.54) is 21.6 Å². The van der Waals surface area contributed by atoms with Crippen LogP contribution in [0.2, 0.25) is 0 Å². The third kappa shape index (κ3) is 1.67. The van der Waals surface area contributed by atoms with E-state index in [2.05, 4.69) is 15.3 Å². The molecule has 0 aliphatic rings. The molecule has 0 saturated carbocycles. The van der Waals surface area contributed by atoms with Gasteiger partial charge in [-0.25, -0.2) is 9.48 Å². The van der Waals surface area contributed by atoms with Crippen LogP contribution in [-0.2, 0) is 0 Å². The lowest BCUT2D eigenvalue weighted by Crippen LogP contribution is -2.33. The maximum atomic E-state index is 11.6. The molecule has 2 aromatic rings. The second kappa shape index (κ2) is 3.76. The summed E-state index contributed by atoms with van der Waals surface area (Å²) in [7, 11) is 0. The zero-order valence-corrected chi connectivity index (χ0v) is 8.91. The first kappa shape index (κ1) is 10.3. The normalized spacial score (nSPS) is 10.9. The van der Waals surface area contributed by atoms with Crippen LogP contribution in [0.3, 0.4) is 0 Å². The molecule has 0 spiro atoms. The maximum absolute atomic E-state index is 11.6. The number of nitrogens with zero attached hydrogens (tertiary/aromatic N) is 4. The van der Waals surface area contributed by atoms with Crippen molar-refractivity contribution in [3.8, 4) is 5.69 Å². The molecule has 7 nitrogen and oxygen atoms in total. The molecule has 0 atom stereocenters. The van der Waals surface area contributed by atoms with E-state index in [-0.39, 0.29) is 11.7 Å². The Morgan fingerprint density at radius 1 is 1.38 bits per heavy atom. The summed E-state index contributed by atoms with van der Waals surface area (Å²) in [5.74, 6) is 0. The van der Waals surface area contributed by atoms with Gasteiger partial charge >= 0.3 is 5.69 Å². The molecule has 1 N–H and O–H groups in total. The van der Waals surface area contributed by atoms with Gasteiger partial charge in [0.2, 0.25) is 0 Å². The number of aromatic nitrogens is 5. The fourth-order valence-corrected chi connectivity index (χ4v) is 1.36. The van der Waals surface area contributed by atoms with Gasteiger partial charge in [-0.2, -0.15) is 0 Å². The highest BCUT2D eigenvalue weighted by Gasteiger charge is 2.08. The average molecular weight is 221 g/mol. The Morgan fingerprint density at radius 3 is 2.69 bits per heavy atom. The standard InChI is InChI=1S/C9H11N5O2/c1-6(2)13-5-7(8(15)11-9(13)16)14-4-3-10-12-14/h3-6H,1-2H3,(H,11,15,16). The summed E-state index contributed by atoms with van der Waals surface area (Å²) in [6.45, 7) is 3.70. The Labute approximate surface area is 90.4 Å². The quantitative estimate of drug-likeness (QED) is 0.754. The van der Waals surface area contributed by atoms with Crippen LogP contribution in [0.5, 0.6) is 0 Å². The molecule has 0 bridgehead atoms. The van der Waals surface area contributed by atoms with Gasteiger partial charge in [-0.3, -0.25) is 14.3 Å². The summed E-state index contributed by atoms with van der Waals surface area (Å²) < 4.78 is 2.75. The highest BCUT2D eigenvalue weighted by molar-refractivity contribution is 5.22. The minimum atomic E-state index is -0.479. The molecule has 2 heterocycles. The molecule has 0 aliphatic heterocycles. The summed E-state index contributed by atoms with van der Waals surface area (Å²) in [4.78, 5) is 25.3. The molecule has 0 saturated heterocycles. The van der Waals surface area contributed by atoms with Crippen molar-refractivity contribution in [3.63, 3.8) is 0 Å². The Balaban J connectivity index is 2.68. The highest BCUT2D eigenvalue weighted by Crippen LogP contribution is 2.01. The first-order valence-corrected chi connectivity index (χ1v) is 4.81. The molecule has 84 valence electrons. The van der Waals surface area contributed by atoms with Crippen LogP contribution < -0.4 is 11.2 Å². The van der Waals surface area contributed by atoms with Gasteiger partial charge in [0.05, 0.1) is 12.4 Å². The van der Waals surface area contributed by atoms with E-state index in [1.54, 1.807) is 6.20 Å². The minimum absolute atomic E-state index is 0.0355. The summed E-state index contributed by atoms with van der Waals surface area (Å²) >= 11 is 0. The monoisotopic (exact) mass is 221 g/mol. The number of H-pyrrole nitrogens is 1. The molecule has 0 radical (unpaired) electrons. The van der Waals surface area contributed by atoms with Crippen molar-refractivity contribution >= 4 is 0 Å². The molecule has 0 unspecified atom stereocenters. The Kier molecular flexibility index (Phi) is 2.43. The average Bonchev–Trinajstić information content (AvgIpc) is 2.70. The lowest BCUT2D eigenvalue weighted by atomic mass is 10.4. The number of aromatic amines is 1. The van der Waals surface area contributed by atoms with Crippen LogP contribution in [0, 0.1) is 0 Å². The molecule has 2 aromatic heterocycles. The van der Waals surface area contributed by atoms with E-state index in [9.17, 15) is 9.59 Å². The van der Waals surface area contributed by atoms with E-state index < -0.39 is 11.2 Å². The van der Waals surface area contributed by atoms with Crippen LogP contribution >= 0.6 is 0 Å². The molecule has 0 fully saturated rings. The Morgan fingerprint density at radius 2 is 2.12 bits per heavy atom. The van der Waals surface area contributed by atoms with Crippen molar-refractivity contribution in [2.24, 2.45) is 0 Å². The number of rotatable bonds is 2. The largest absolute Gasteiger partial charge is 0.328 e. The smallest absolute Gasteiger partial charge is 0.296 e. The van der Waals surface area contributed by atoms with Gasteiger partial charge in [0.1, 0.15) is 5.69 Å². The minimum Gasteiger partial charge on any atom is -0.296 e. The van der Waals surface area contributed by atoms with Gasteiger partial charge in [0.15, 0.2) is 0 Å². The molecule has 0 aliphatic carbocycles. The predicted molar refractivity (Wildman–Crippen MR) is 56.6 cm³/mol. The molecular formula is C9H11N5O2. The van der Waals surface area contributed by atoms with Crippen LogP contribution in [0.25, 0.3) is 5.69 Å². The van der Waals surface area contributed by atoms with Gasteiger partial charge in [0, 0.05) is 12.2 Å². The van der Waals surface area contributed by atoms with Gasteiger partial charge in [-0.05, 0) is 13.8 Å². The zero-order valence-electron chi connectivity index (χ0n) is 8.91. The van der Waals surface area contributed by atoms with Gasteiger partial charge < -0.3 is 0 Å². The topological polar surface area (TPSA) is 85.6 Å². The Bertz CT molecular complexity index is 593. The molecule has 2 rings (SSSR count). The van der Waals surface area contributed by atoms with E-state index in [1.807, 2.05) is 13.8 Å².